The minimum atomic E-state index is -0.877. The highest BCUT2D eigenvalue weighted by Crippen LogP contribution is 2.36. The van der Waals surface area contributed by atoms with Gasteiger partial charge in [-0.1, -0.05) is 60.1 Å². The molecule has 192 valence electrons. The van der Waals surface area contributed by atoms with Gasteiger partial charge in [0.2, 0.25) is 0 Å². The van der Waals surface area contributed by atoms with Crippen LogP contribution in [0, 0.1) is 6.92 Å². The van der Waals surface area contributed by atoms with E-state index in [9.17, 15) is 9.59 Å². The highest BCUT2D eigenvalue weighted by atomic mass is 35.5. The number of carboxylic acids is 1. The lowest BCUT2D eigenvalue weighted by molar-refractivity contribution is -0.137. The molecule has 7 nitrogen and oxygen atoms in total. The van der Waals surface area contributed by atoms with Crippen LogP contribution in [-0.4, -0.2) is 26.1 Å². The number of aryl methyl sites for hydroxylation is 1. The predicted molar refractivity (Wildman–Crippen MR) is 151 cm³/mol. The van der Waals surface area contributed by atoms with E-state index in [0.29, 0.717) is 16.4 Å². The number of hydrogen-bond acceptors (Lipinski definition) is 5. The number of rotatable bonds is 7. The monoisotopic (exact) mass is 545 g/mol. The van der Waals surface area contributed by atoms with Crippen LogP contribution in [0.15, 0.2) is 79.0 Å². The van der Waals surface area contributed by atoms with Crippen molar-refractivity contribution in [3.8, 4) is 21.6 Å². The number of nitrogens with zero attached hydrogens (tertiary/aromatic N) is 2. The van der Waals surface area contributed by atoms with Crippen LogP contribution in [0.4, 0.5) is 10.5 Å². The molecule has 5 aromatic rings. The maximum Gasteiger partial charge on any atom is 0.412 e. The summed E-state index contributed by atoms with van der Waals surface area (Å²) in [4.78, 5) is 24.6. The zero-order valence-corrected chi connectivity index (χ0v) is 22.2. The first-order valence-electron chi connectivity index (χ1n) is 11.9. The van der Waals surface area contributed by atoms with Crippen LogP contribution in [0.1, 0.15) is 24.3 Å². The number of carbonyl (C=O) groups excluding carboxylic acids is 1. The number of benzene rings is 3. The molecule has 0 aliphatic heterocycles. The van der Waals surface area contributed by atoms with Gasteiger partial charge in [0.05, 0.1) is 16.3 Å². The summed E-state index contributed by atoms with van der Waals surface area (Å²) in [7, 11) is 0. The lowest BCUT2D eigenvalue weighted by Crippen LogP contribution is -2.16. The summed E-state index contributed by atoms with van der Waals surface area (Å²) in [6.45, 7) is 3.54. The van der Waals surface area contributed by atoms with Crippen molar-refractivity contribution in [2.75, 3.05) is 5.32 Å². The summed E-state index contributed by atoms with van der Waals surface area (Å²) in [5.41, 5.74) is 5.88. The Hall–Kier alpha value is -4.14. The van der Waals surface area contributed by atoms with Gasteiger partial charge in [0.25, 0.3) is 0 Å². The highest BCUT2D eigenvalue weighted by Gasteiger charge is 2.19. The number of aliphatic carboxylic acids is 1. The topological polar surface area (TPSA) is 93.5 Å². The maximum absolute atomic E-state index is 12.7. The Morgan fingerprint density at radius 3 is 2.50 bits per heavy atom. The van der Waals surface area contributed by atoms with Crippen molar-refractivity contribution in [3.63, 3.8) is 0 Å². The molecule has 0 bridgehead atoms. The number of fused-ring (bicyclic) bond motifs is 1. The normalized spacial score (nSPS) is 11.9. The van der Waals surface area contributed by atoms with Crippen LogP contribution in [0.5, 0.6) is 0 Å². The Morgan fingerprint density at radius 2 is 1.76 bits per heavy atom. The first-order chi connectivity index (χ1) is 18.3. The Morgan fingerprint density at radius 1 is 1.05 bits per heavy atom. The van der Waals surface area contributed by atoms with E-state index in [1.807, 2.05) is 73.7 Å². The minimum Gasteiger partial charge on any atom is -0.480 e. The second-order valence-corrected chi connectivity index (χ2v) is 10.0. The molecule has 2 aromatic heterocycles. The lowest BCUT2D eigenvalue weighted by atomic mass is 10.0. The number of hydrogen-bond donors (Lipinski definition) is 2. The van der Waals surface area contributed by atoms with Gasteiger partial charge in [-0.3, -0.25) is 10.1 Å². The van der Waals surface area contributed by atoms with Crippen molar-refractivity contribution in [2.24, 2.45) is 0 Å². The lowest BCUT2D eigenvalue weighted by Gasteiger charge is -2.16. The summed E-state index contributed by atoms with van der Waals surface area (Å²) in [5.74, 6) is -0.877. The Labute approximate surface area is 228 Å². The van der Waals surface area contributed by atoms with Gasteiger partial charge < -0.3 is 14.4 Å². The third kappa shape index (κ3) is 5.27. The third-order valence-electron chi connectivity index (χ3n) is 6.27. The van der Waals surface area contributed by atoms with Gasteiger partial charge in [-0.2, -0.15) is 4.37 Å². The molecule has 3 aromatic carbocycles. The number of amides is 1. The molecule has 0 fully saturated rings. The third-order valence-corrected chi connectivity index (χ3v) is 7.61. The fraction of sp³-hybridized carbons (Fsp3) is 0.138. The van der Waals surface area contributed by atoms with Gasteiger partial charge in [0, 0.05) is 27.7 Å². The summed E-state index contributed by atoms with van der Waals surface area (Å²) in [6.07, 6.45) is 0.686. The molecule has 1 amide bonds. The van der Waals surface area contributed by atoms with Crippen LogP contribution >= 0.6 is 23.1 Å². The molecule has 1 atom stereocenters. The van der Waals surface area contributed by atoms with Gasteiger partial charge in [0.1, 0.15) is 12.6 Å². The Balaban J connectivity index is 1.33. The Bertz CT molecular complexity index is 1640. The molecule has 38 heavy (non-hydrogen) atoms. The molecule has 9 heteroatoms. The second-order valence-electron chi connectivity index (χ2n) is 8.85. The molecule has 0 spiro atoms. The quantitative estimate of drug-likeness (QED) is 0.218. The number of nitrogens with one attached hydrogen (secondary N) is 1. The fourth-order valence-corrected chi connectivity index (χ4v) is 5.49. The van der Waals surface area contributed by atoms with Crippen LogP contribution in [0.25, 0.3) is 32.5 Å². The van der Waals surface area contributed by atoms with Gasteiger partial charge >= 0.3 is 12.1 Å². The van der Waals surface area contributed by atoms with Crippen LogP contribution in [0.2, 0.25) is 5.02 Å². The van der Waals surface area contributed by atoms with Gasteiger partial charge in [-0.15, -0.1) is 0 Å². The number of carbonyl (C=O) groups is 2. The van der Waals surface area contributed by atoms with E-state index in [1.165, 1.54) is 11.5 Å². The zero-order valence-electron chi connectivity index (χ0n) is 20.6. The number of aromatic nitrogens is 2. The summed E-state index contributed by atoms with van der Waals surface area (Å²) >= 11 is 7.55. The highest BCUT2D eigenvalue weighted by molar-refractivity contribution is 7.10. The molecule has 0 saturated carbocycles. The van der Waals surface area contributed by atoms with Crippen molar-refractivity contribution in [1.82, 2.24) is 8.94 Å². The number of ether oxygens (including phenoxy) is 1. The van der Waals surface area contributed by atoms with E-state index < -0.39 is 18.2 Å². The first kappa shape index (κ1) is 25.5. The van der Waals surface area contributed by atoms with Crippen molar-refractivity contribution in [1.29, 1.82) is 0 Å². The molecular formula is C29H24ClN3O4S. The predicted octanol–water partition coefficient (Wildman–Crippen LogP) is 7.79. The van der Waals surface area contributed by atoms with Crippen LogP contribution < -0.4 is 5.32 Å². The molecule has 0 aliphatic carbocycles. The van der Waals surface area contributed by atoms with Crippen molar-refractivity contribution >= 4 is 51.8 Å². The molecule has 0 unspecified atom stereocenters. The molecule has 0 radical (unpaired) electrons. The summed E-state index contributed by atoms with van der Waals surface area (Å²) < 4.78 is 11.7. The fourth-order valence-electron chi connectivity index (χ4n) is 4.35. The number of carboxylic acid groups (broad SMARTS) is 1. The molecule has 2 heterocycles. The average molecular weight is 546 g/mol. The van der Waals surface area contributed by atoms with Crippen molar-refractivity contribution in [2.45, 2.75) is 26.5 Å². The molecule has 5 rings (SSSR count). The van der Waals surface area contributed by atoms with E-state index in [1.54, 1.807) is 23.8 Å². The van der Waals surface area contributed by atoms with Crippen LogP contribution in [-0.2, 0) is 16.1 Å². The van der Waals surface area contributed by atoms with E-state index in [-0.39, 0.29) is 6.54 Å². The molecular weight excluding hydrogens is 522 g/mol. The van der Waals surface area contributed by atoms with Gasteiger partial charge in [-0.05, 0) is 66.3 Å². The SMILES string of the molecule is Cc1nsc(-c2ccc(-c3ccc4c(ccn4CC(=O)O)c3)cc2)c1NC(=O)O[C@H](C)c1ccccc1Cl. The van der Waals surface area contributed by atoms with E-state index >= 15 is 0 Å². The number of halogens is 1. The first-order valence-corrected chi connectivity index (χ1v) is 13.0. The molecule has 0 aliphatic rings. The zero-order chi connectivity index (χ0) is 26.8. The molecule has 0 saturated heterocycles. The van der Waals surface area contributed by atoms with Gasteiger partial charge in [0.15, 0.2) is 0 Å². The smallest absolute Gasteiger partial charge is 0.412 e. The standard InChI is InChI=1S/C29H24ClN3O4S/c1-17-27(31-29(36)37-18(2)23-5-3-4-6-24(23)30)28(38-32-17)20-9-7-19(8-10-20)21-11-12-25-22(15-21)13-14-33(25)16-26(34)35/h3-15,18H,16H2,1-2H3,(H,31,36)(H,34,35)/t18-/m1/s1. The van der Waals surface area contributed by atoms with Crippen LogP contribution in [0.3, 0.4) is 0 Å². The second kappa shape index (κ2) is 10.7. The van der Waals surface area contributed by atoms with E-state index in [4.69, 9.17) is 21.4 Å². The minimum absolute atomic E-state index is 0.0748. The van der Waals surface area contributed by atoms with E-state index in [0.717, 1.165) is 38.0 Å². The largest absolute Gasteiger partial charge is 0.480 e. The number of anilines is 1. The maximum atomic E-state index is 12.7. The van der Waals surface area contributed by atoms with Crippen molar-refractivity contribution in [3.05, 3.63) is 95.3 Å². The van der Waals surface area contributed by atoms with Gasteiger partial charge in [-0.25, -0.2) is 4.79 Å². The summed E-state index contributed by atoms with van der Waals surface area (Å²) in [6, 6.07) is 23.2. The Kier molecular flexibility index (Phi) is 7.18. The molecule has 2 N–H and O–H groups in total. The average Bonchev–Trinajstić information content (AvgIpc) is 3.46. The van der Waals surface area contributed by atoms with Crippen molar-refractivity contribution < 1.29 is 19.4 Å². The summed E-state index contributed by atoms with van der Waals surface area (Å²) in [5, 5.41) is 13.5. The van der Waals surface area contributed by atoms with E-state index in [2.05, 4.69) is 9.69 Å².